The van der Waals surface area contributed by atoms with E-state index >= 15 is 0 Å². The molecule has 0 spiro atoms. The lowest BCUT2D eigenvalue weighted by Gasteiger charge is -2.32. The van der Waals surface area contributed by atoms with E-state index in [4.69, 9.17) is 0 Å². The summed E-state index contributed by atoms with van der Waals surface area (Å²) in [6.07, 6.45) is 0.435. The second-order valence-electron chi connectivity index (χ2n) is 4.79. The number of amides is 2. The maximum atomic E-state index is 13.1. The minimum absolute atomic E-state index is 0.00202. The normalized spacial score (nSPS) is 19.5. The van der Waals surface area contributed by atoms with Crippen molar-refractivity contribution in [2.45, 2.75) is 19.4 Å². The van der Waals surface area contributed by atoms with Gasteiger partial charge in [-0.25, -0.2) is 8.78 Å². The van der Waals surface area contributed by atoms with Gasteiger partial charge in [-0.05, 0) is 24.6 Å². The summed E-state index contributed by atoms with van der Waals surface area (Å²) in [7, 11) is 0. The number of Topliss-reactive ketones (excluding diaryl/α,β-unsaturated/α-hetero) is 1. The van der Waals surface area contributed by atoms with Crippen LogP contribution in [0.4, 0.5) is 8.78 Å². The van der Waals surface area contributed by atoms with Crippen LogP contribution < -0.4 is 5.32 Å². The zero-order valence-electron chi connectivity index (χ0n) is 11.4. The highest BCUT2D eigenvalue weighted by Crippen LogP contribution is 2.13. The Morgan fingerprint density at radius 3 is 2.67 bits per heavy atom. The summed E-state index contributed by atoms with van der Waals surface area (Å²) in [5.41, 5.74) is 0.00202. The van der Waals surface area contributed by atoms with Crippen LogP contribution in [-0.2, 0) is 9.59 Å². The lowest BCUT2D eigenvalue weighted by atomic mass is 10.1. The predicted octanol–water partition coefficient (Wildman–Crippen LogP) is 0.884. The quantitative estimate of drug-likeness (QED) is 0.662. The molecule has 1 aliphatic rings. The minimum atomic E-state index is -1.11. The summed E-state index contributed by atoms with van der Waals surface area (Å²) in [5, 5.41) is 2.20. The fraction of sp³-hybridized carbons (Fsp3) is 0.357. The third-order valence-electron chi connectivity index (χ3n) is 3.33. The van der Waals surface area contributed by atoms with Crippen molar-refractivity contribution in [3.63, 3.8) is 0 Å². The number of carbonyl (C=O) groups is 3. The van der Waals surface area contributed by atoms with Gasteiger partial charge in [-0.2, -0.15) is 0 Å². The number of benzene rings is 1. The Balaban J connectivity index is 2.15. The maximum absolute atomic E-state index is 13.1. The minimum Gasteiger partial charge on any atom is -0.294 e. The van der Waals surface area contributed by atoms with E-state index in [0.717, 1.165) is 12.1 Å². The summed E-state index contributed by atoms with van der Waals surface area (Å²) < 4.78 is 26.0. The average Bonchev–Trinajstić information content (AvgIpc) is 2.41. The van der Waals surface area contributed by atoms with Crippen LogP contribution in [-0.4, -0.2) is 41.6 Å². The molecule has 21 heavy (non-hydrogen) atoms. The molecular weight excluding hydrogens is 282 g/mol. The van der Waals surface area contributed by atoms with Crippen molar-refractivity contribution in [3.8, 4) is 0 Å². The van der Waals surface area contributed by atoms with Gasteiger partial charge in [0.2, 0.25) is 11.8 Å². The molecule has 1 heterocycles. The summed E-state index contributed by atoms with van der Waals surface area (Å²) in [4.78, 5) is 36.5. The molecule has 1 N–H and O–H groups in total. The Morgan fingerprint density at radius 2 is 2.05 bits per heavy atom. The first kappa shape index (κ1) is 15.2. The van der Waals surface area contributed by atoms with Crippen molar-refractivity contribution in [3.05, 3.63) is 35.4 Å². The van der Waals surface area contributed by atoms with E-state index in [1.54, 1.807) is 6.92 Å². The van der Waals surface area contributed by atoms with Crippen molar-refractivity contribution < 1.29 is 23.2 Å². The van der Waals surface area contributed by atoms with Gasteiger partial charge in [0.25, 0.3) is 0 Å². The first-order valence-electron chi connectivity index (χ1n) is 6.48. The Kier molecular flexibility index (Phi) is 4.42. The number of carbonyl (C=O) groups excluding carboxylic acids is 3. The van der Waals surface area contributed by atoms with E-state index < -0.39 is 35.3 Å². The number of halogens is 2. The molecule has 7 heteroatoms. The zero-order valence-corrected chi connectivity index (χ0v) is 11.4. The van der Waals surface area contributed by atoms with E-state index in [1.807, 2.05) is 0 Å². The second-order valence-corrected chi connectivity index (χ2v) is 4.79. The molecule has 5 nitrogen and oxygen atoms in total. The third-order valence-corrected chi connectivity index (χ3v) is 3.33. The van der Waals surface area contributed by atoms with Gasteiger partial charge in [0.05, 0.1) is 19.1 Å². The molecule has 0 radical (unpaired) electrons. The van der Waals surface area contributed by atoms with Gasteiger partial charge in [-0.3, -0.25) is 24.6 Å². The average molecular weight is 296 g/mol. The van der Waals surface area contributed by atoms with Gasteiger partial charge in [-0.1, -0.05) is 6.92 Å². The highest BCUT2D eigenvalue weighted by molar-refractivity contribution is 6.03. The van der Waals surface area contributed by atoms with Crippen LogP contribution in [0.1, 0.15) is 23.7 Å². The number of nitrogens with one attached hydrogen (secondary N) is 1. The number of rotatable bonds is 4. The number of imide groups is 1. The molecule has 0 aromatic heterocycles. The van der Waals surface area contributed by atoms with Crippen LogP contribution in [0.2, 0.25) is 0 Å². The standard InChI is InChI=1S/C14H14F2N2O3/c1-2-11-14(21)17-13(20)7-18(11)6-12(19)8-3-4-9(15)10(16)5-8/h3-5,11H,2,6-7H2,1H3,(H,17,20,21). The van der Waals surface area contributed by atoms with Crippen molar-refractivity contribution in [2.24, 2.45) is 0 Å². The van der Waals surface area contributed by atoms with Crippen molar-refractivity contribution in [2.75, 3.05) is 13.1 Å². The number of nitrogens with zero attached hydrogens (tertiary/aromatic N) is 1. The van der Waals surface area contributed by atoms with Crippen LogP contribution in [0, 0.1) is 11.6 Å². The summed E-state index contributed by atoms with van der Waals surface area (Å²) in [5.74, 6) is -3.56. The van der Waals surface area contributed by atoms with Crippen molar-refractivity contribution >= 4 is 17.6 Å². The fourth-order valence-corrected chi connectivity index (χ4v) is 2.28. The van der Waals surface area contributed by atoms with Crippen LogP contribution in [0.25, 0.3) is 0 Å². The van der Waals surface area contributed by atoms with Gasteiger partial charge in [0, 0.05) is 5.56 Å². The first-order chi connectivity index (χ1) is 9.92. The van der Waals surface area contributed by atoms with Crippen molar-refractivity contribution in [1.29, 1.82) is 0 Å². The van der Waals surface area contributed by atoms with E-state index in [0.29, 0.717) is 6.42 Å². The number of hydrogen-bond donors (Lipinski definition) is 1. The van der Waals surface area contributed by atoms with E-state index in [1.165, 1.54) is 11.0 Å². The first-order valence-corrected chi connectivity index (χ1v) is 6.48. The molecule has 2 amide bonds. The molecular formula is C14H14F2N2O3. The molecule has 0 saturated carbocycles. The van der Waals surface area contributed by atoms with Crippen LogP contribution in [0.5, 0.6) is 0 Å². The molecule has 1 unspecified atom stereocenters. The largest absolute Gasteiger partial charge is 0.294 e. The summed E-state index contributed by atoms with van der Waals surface area (Å²) >= 11 is 0. The Morgan fingerprint density at radius 1 is 1.33 bits per heavy atom. The molecule has 2 rings (SSSR count). The highest BCUT2D eigenvalue weighted by atomic mass is 19.2. The maximum Gasteiger partial charge on any atom is 0.243 e. The van der Waals surface area contributed by atoms with E-state index in [2.05, 4.69) is 5.32 Å². The van der Waals surface area contributed by atoms with Crippen LogP contribution in [0.3, 0.4) is 0 Å². The third kappa shape index (κ3) is 3.30. The van der Waals surface area contributed by atoms with Crippen LogP contribution >= 0.6 is 0 Å². The number of ketones is 1. The molecule has 1 aromatic carbocycles. The fourth-order valence-electron chi connectivity index (χ4n) is 2.28. The topological polar surface area (TPSA) is 66.5 Å². The SMILES string of the molecule is CCC1C(=O)NC(=O)CN1CC(=O)c1ccc(F)c(F)c1. The van der Waals surface area contributed by atoms with Gasteiger partial charge in [-0.15, -0.1) is 0 Å². The lowest BCUT2D eigenvalue weighted by Crippen LogP contribution is -2.58. The molecule has 112 valence electrons. The molecule has 0 bridgehead atoms. The molecule has 1 fully saturated rings. The number of piperazine rings is 1. The van der Waals surface area contributed by atoms with E-state index in [-0.39, 0.29) is 18.7 Å². The zero-order chi connectivity index (χ0) is 15.6. The Bertz CT molecular complexity index is 604. The van der Waals surface area contributed by atoms with Gasteiger partial charge in [0.15, 0.2) is 17.4 Å². The van der Waals surface area contributed by atoms with Gasteiger partial charge in [0.1, 0.15) is 0 Å². The van der Waals surface area contributed by atoms with Crippen molar-refractivity contribution in [1.82, 2.24) is 10.2 Å². The monoisotopic (exact) mass is 296 g/mol. The van der Waals surface area contributed by atoms with E-state index in [9.17, 15) is 23.2 Å². The van der Waals surface area contributed by atoms with Crippen LogP contribution in [0.15, 0.2) is 18.2 Å². The molecule has 1 saturated heterocycles. The lowest BCUT2D eigenvalue weighted by molar-refractivity contribution is -0.139. The highest BCUT2D eigenvalue weighted by Gasteiger charge is 2.33. The molecule has 1 atom stereocenters. The summed E-state index contributed by atoms with van der Waals surface area (Å²) in [6.45, 7) is 1.47. The molecule has 1 aromatic rings. The van der Waals surface area contributed by atoms with Gasteiger partial charge < -0.3 is 0 Å². The van der Waals surface area contributed by atoms with Gasteiger partial charge >= 0.3 is 0 Å². The Labute approximate surface area is 119 Å². The smallest absolute Gasteiger partial charge is 0.243 e. The Hall–Kier alpha value is -2.15. The number of hydrogen-bond acceptors (Lipinski definition) is 4. The predicted molar refractivity (Wildman–Crippen MR) is 69.5 cm³/mol. The molecule has 0 aliphatic carbocycles. The summed E-state index contributed by atoms with van der Waals surface area (Å²) in [6, 6.07) is 2.27. The molecule has 1 aliphatic heterocycles. The second kappa shape index (κ2) is 6.09.